The number of nitrogens with one attached hydrogen (secondary N) is 1. The Balaban J connectivity index is 1.74. The second-order valence-electron chi connectivity index (χ2n) is 6.85. The number of esters is 1. The van der Waals surface area contributed by atoms with Crippen molar-refractivity contribution in [3.8, 4) is 5.75 Å². The molecule has 1 N–H and O–H groups in total. The number of nitrogens with zero attached hydrogens (tertiary/aromatic N) is 2. The van der Waals surface area contributed by atoms with Gasteiger partial charge in [-0.15, -0.1) is 13.2 Å². The zero-order chi connectivity index (χ0) is 23.3. The Morgan fingerprint density at radius 3 is 2.38 bits per heavy atom. The van der Waals surface area contributed by atoms with Crippen LogP contribution in [0, 0.1) is 6.92 Å². The number of ether oxygens (including phenoxy) is 2. The average molecular weight is 445 g/mol. The number of carbonyl (C=O) groups excluding carboxylic acids is 1. The van der Waals surface area contributed by atoms with Crippen LogP contribution in [0.4, 0.5) is 36.1 Å². The van der Waals surface area contributed by atoms with Gasteiger partial charge in [-0.25, -0.2) is 9.78 Å². The predicted octanol–water partition coefficient (Wildman–Crippen LogP) is 5.98. The SMILES string of the molecule is CCOC(=O)c1cccc(Nc2ccc(N(C)c3ccc(OC(F)(F)F)cc3)cc2C)n1. The summed E-state index contributed by atoms with van der Waals surface area (Å²) in [6, 6.07) is 16.3. The number of anilines is 4. The van der Waals surface area contributed by atoms with Crippen LogP contribution >= 0.6 is 0 Å². The van der Waals surface area contributed by atoms with E-state index in [0.717, 1.165) is 16.9 Å². The van der Waals surface area contributed by atoms with Gasteiger partial charge in [-0.3, -0.25) is 0 Å². The number of carbonyl (C=O) groups is 1. The van der Waals surface area contributed by atoms with E-state index in [2.05, 4.69) is 15.0 Å². The van der Waals surface area contributed by atoms with Crippen LogP contribution in [0.5, 0.6) is 5.75 Å². The van der Waals surface area contributed by atoms with Gasteiger partial charge in [0.2, 0.25) is 0 Å². The predicted molar refractivity (Wildman–Crippen MR) is 116 cm³/mol. The van der Waals surface area contributed by atoms with Crippen molar-refractivity contribution in [3.05, 3.63) is 71.9 Å². The van der Waals surface area contributed by atoms with Crippen molar-refractivity contribution in [2.24, 2.45) is 0 Å². The van der Waals surface area contributed by atoms with E-state index in [-0.39, 0.29) is 18.1 Å². The molecule has 0 spiro atoms. The minimum atomic E-state index is -4.72. The molecule has 0 aliphatic rings. The molecule has 6 nitrogen and oxygen atoms in total. The van der Waals surface area contributed by atoms with Crippen LogP contribution in [0.2, 0.25) is 0 Å². The lowest BCUT2D eigenvalue weighted by Gasteiger charge is -2.21. The number of hydrogen-bond donors (Lipinski definition) is 1. The van der Waals surface area contributed by atoms with Crippen molar-refractivity contribution in [1.82, 2.24) is 4.98 Å². The van der Waals surface area contributed by atoms with Crippen LogP contribution in [0.15, 0.2) is 60.7 Å². The van der Waals surface area contributed by atoms with Crippen LogP contribution in [-0.2, 0) is 4.74 Å². The lowest BCUT2D eigenvalue weighted by atomic mass is 10.1. The first kappa shape index (κ1) is 22.9. The van der Waals surface area contributed by atoms with E-state index < -0.39 is 12.3 Å². The van der Waals surface area contributed by atoms with Gasteiger partial charge in [-0.2, -0.15) is 0 Å². The first-order valence-corrected chi connectivity index (χ1v) is 9.77. The van der Waals surface area contributed by atoms with Gasteiger partial charge >= 0.3 is 12.3 Å². The molecular weight excluding hydrogens is 423 g/mol. The fraction of sp³-hybridized carbons (Fsp3) is 0.217. The minimum absolute atomic E-state index is 0.212. The summed E-state index contributed by atoms with van der Waals surface area (Å²) >= 11 is 0. The highest BCUT2D eigenvalue weighted by atomic mass is 19.4. The molecule has 1 aromatic heterocycles. The highest BCUT2D eigenvalue weighted by Crippen LogP contribution is 2.31. The monoisotopic (exact) mass is 445 g/mol. The van der Waals surface area contributed by atoms with E-state index in [4.69, 9.17) is 4.74 Å². The highest BCUT2D eigenvalue weighted by molar-refractivity contribution is 5.87. The molecule has 3 rings (SSSR count). The summed E-state index contributed by atoms with van der Waals surface area (Å²) in [6.45, 7) is 3.91. The largest absolute Gasteiger partial charge is 0.573 e. The van der Waals surface area contributed by atoms with Crippen molar-refractivity contribution in [2.75, 3.05) is 23.9 Å². The van der Waals surface area contributed by atoms with Gasteiger partial charge in [0.15, 0.2) is 5.69 Å². The maximum absolute atomic E-state index is 12.3. The summed E-state index contributed by atoms with van der Waals surface area (Å²) in [5.41, 5.74) is 3.46. The molecule has 0 radical (unpaired) electrons. The maximum atomic E-state index is 12.3. The van der Waals surface area contributed by atoms with Crippen LogP contribution in [-0.4, -0.2) is 31.0 Å². The van der Waals surface area contributed by atoms with Gasteiger partial charge in [0.1, 0.15) is 11.6 Å². The van der Waals surface area contributed by atoms with Crippen molar-refractivity contribution in [1.29, 1.82) is 0 Å². The molecule has 0 bridgehead atoms. The number of hydrogen-bond acceptors (Lipinski definition) is 6. The molecule has 2 aromatic carbocycles. The second kappa shape index (κ2) is 9.59. The van der Waals surface area contributed by atoms with Crippen LogP contribution in [0.25, 0.3) is 0 Å². The molecule has 0 amide bonds. The Bertz CT molecular complexity index is 1090. The van der Waals surface area contributed by atoms with Crippen molar-refractivity contribution in [3.63, 3.8) is 0 Å². The summed E-state index contributed by atoms with van der Waals surface area (Å²) in [6.07, 6.45) is -4.72. The Morgan fingerprint density at radius 1 is 1.06 bits per heavy atom. The Labute approximate surface area is 183 Å². The number of pyridine rings is 1. The van der Waals surface area contributed by atoms with E-state index in [0.29, 0.717) is 11.5 Å². The van der Waals surface area contributed by atoms with E-state index in [1.165, 1.54) is 12.1 Å². The molecule has 3 aromatic rings. The van der Waals surface area contributed by atoms with Gasteiger partial charge in [0.25, 0.3) is 0 Å². The lowest BCUT2D eigenvalue weighted by molar-refractivity contribution is -0.274. The summed E-state index contributed by atoms with van der Waals surface area (Å²) in [7, 11) is 1.81. The molecule has 0 saturated carbocycles. The summed E-state index contributed by atoms with van der Waals surface area (Å²) in [5, 5.41) is 3.18. The summed E-state index contributed by atoms with van der Waals surface area (Å²) in [5.74, 6) is -0.264. The lowest BCUT2D eigenvalue weighted by Crippen LogP contribution is -2.17. The van der Waals surface area contributed by atoms with E-state index in [9.17, 15) is 18.0 Å². The summed E-state index contributed by atoms with van der Waals surface area (Å²) in [4.78, 5) is 18.0. The molecule has 0 atom stereocenters. The van der Waals surface area contributed by atoms with Gasteiger partial charge in [0, 0.05) is 24.1 Å². The fourth-order valence-electron chi connectivity index (χ4n) is 2.98. The van der Waals surface area contributed by atoms with E-state index in [1.807, 2.05) is 37.1 Å². The standard InChI is InChI=1S/C23H22F3N3O3/c1-4-31-22(30)20-6-5-7-21(28-20)27-19-13-10-17(14-15(19)2)29(3)16-8-11-18(12-9-16)32-23(24,25)26/h5-14H,4H2,1-3H3,(H,27,28). The van der Waals surface area contributed by atoms with E-state index >= 15 is 0 Å². The third-order valence-electron chi connectivity index (χ3n) is 4.55. The fourth-order valence-corrected chi connectivity index (χ4v) is 2.98. The second-order valence-corrected chi connectivity index (χ2v) is 6.85. The number of halogens is 3. The highest BCUT2D eigenvalue weighted by Gasteiger charge is 2.31. The topological polar surface area (TPSA) is 63.7 Å². The van der Waals surface area contributed by atoms with Crippen LogP contribution in [0.3, 0.4) is 0 Å². The molecule has 1 heterocycles. The number of rotatable bonds is 7. The van der Waals surface area contributed by atoms with Crippen LogP contribution < -0.4 is 15.0 Å². The zero-order valence-corrected chi connectivity index (χ0v) is 17.7. The number of aryl methyl sites for hydroxylation is 1. The first-order valence-electron chi connectivity index (χ1n) is 9.77. The Hall–Kier alpha value is -3.75. The molecule has 0 aliphatic heterocycles. The van der Waals surface area contributed by atoms with Gasteiger partial charge in [-0.1, -0.05) is 6.07 Å². The molecular formula is C23H22F3N3O3. The first-order chi connectivity index (χ1) is 15.2. The van der Waals surface area contributed by atoms with Gasteiger partial charge < -0.3 is 19.7 Å². The Kier molecular flexibility index (Phi) is 6.87. The molecule has 32 heavy (non-hydrogen) atoms. The van der Waals surface area contributed by atoms with E-state index in [1.54, 1.807) is 37.3 Å². The smallest absolute Gasteiger partial charge is 0.461 e. The third-order valence-corrected chi connectivity index (χ3v) is 4.55. The molecule has 0 fully saturated rings. The molecule has 168 valence electrons. The molecule has 0 unspecified atom stereocenters. The quantitative estimate of drug-likeness (QED) is 0.452. The van der Waals surface area contributed by atoms with Crippen LogP contribution in [0.1, 0.15) is 23.0 Å². The Morgan fingerprint density at radius 2 is 1.75 bits per heavy atom. The summed E-state index contributed by atoms with van der Waals surface area (Å²) < 4.78 is 45.9. The third kappa shape index (κ3) is 5.90. The van der Waals surface area contributed by atoms with Gasteiger partial charge in [-0.05, 0) is 74.0 Å². The van der Waals surface area contributed by atoms with Crippen molar-refractivity contribution < 1.29 is 27.4 Å². The zero-order valence-electron chi connectivity index (χ0n) is 17.7. The number of benzene rings is 2. The normalized spacial score (nSPS) is 11.1. The number of aromatic nitrogens is 1. The van der Waals surface area contributed by atoms with Crippen molar-refractivity contribution >= 4 is 28.8 Å². The molecule has 0 saturated heterocycles. The van der Waals surface area contributed by atoms with Crippen molar-refractivity contribution in [2.45, 2.75) is 20.2 Å². The number of alkyl halides is 3. The molecule has 0 aliphatic carbocycles. The van der Waals surface area contributed by atoms with Gasteiger partial charge in [0.05, 0.1) is 6.61 Å². The average Bonchev–Trinajstić information content (AvgIpc) is 2.74. The maximum Gasteiger partial charge on any atom is 0.573 e. The minimum Gasteiger partial charge on any atom is -0.461 e. The molecule has 9 heteroatoms.